The molecule has 2 aromatic carbocycles. The molecule has 0 N–H and O–H groups in total. The van der Waals surface area contributed by atoms with Crippen LogP contribution in [0.1, 0.15) is 10.4 Å². The molecule has 1 atom stereocenters. The summed E-state index contributed by atoms with van der Waals surface area (Å²) in [5, 5.41) is 0. The summed E-state index contributed by atoms with van der Waals surface area (Å²) >= 11 is 0. The zero-order valence-corrected chi connectivity index (χ0v) is 13.7. The zero-order chi connectivity index (χ0) is 16.8. The Morgan fingerprint density at radius 3 is 2.54 bits per heavy atom. The van der Waals surface area contributed by atoms with E-state index in [-0.39, 0.29) is 12.0 Å². The first-order valence-electron chi connectivity index (χ1n) is 7.99. The molecule has 0 aliphatic carbocycles. The summed E-state index contributed by atoms with van der Waals surface area (Å²) in [6.45, 7) is 2.07. The van der Waals surface area contributed by atoms with Gasteiger partial charge < -0.3 is 19.1 Å². The van der Waals surface area contributed by atoms with Gasteiger partial charge in [-0.2, -0.15) is 0 Å². The highest BCUT2D eigenvalue weighted by molar-refractivity contribution is 5.94. The maximum absolute atomic E-state index is 12.5. The Bertz CT molecular complexity index is 657. The highest BCUT2D eigenvalue weighted by atomic mass is 16.5. The maximum atomic E-state index is 12.5. The molecule has 5 nitrogen and oxygen atoms in total. The van der Waals surface area contributed by atoms with Gasteiger partial charge in [-0.25, -0.2) is 0 Å². The number of methoxy groups -OCH3 is 1. The fraction of sp³-hybridized carbons (Fsp3) is 0.316. The van der Waals surface area contributed by atoms with Crippen LogP contribution in [0.5, 0.6) is 11.5 Å². The highest BCUT2D eigenvalue weighted by Gasteiger charge is 2.25. The normalized spacial score (nSPS) is 17.4. The summed E-state index contributed by atoms with van der Waals surface area (Å²) in [6.07, 6.45) is -0.131. The van der Waals surface area contributed by atoms with Crippen LogP contribution in [-0.2, 0) is 4.74 Å². The van der Waals surface area contributed by atoms with Gasteiger partial charge >= 0.3 is 0 Å². The van der Waals surface area contributed by atoms with Crippen molar-refractivity contribution in [3.63, 3.8) is 0 Å². The lowest BCUT2D eigenvalue weighted by molar-refractivity contribution is -0.0401. The van der Waals surface area contributed by atoms with Crippen molar-refractivity contribution in [3.8, 4) is 11.5 Å². The van der Waals surface area contributed by atoms with Crippen LogP contribution in [0, 0.1) is 0 Å². The summed E-state index contributed by atoms with van der Waals surface area (Å²) in [4.78, 5) is 14.3. The lowest BCUT2D eigenvalue weighted by atomic mass is 10.2. The van der Waals surface area contributed by atoms with Crippen LogP contribution in [0.25, 0.3) is 0 Å². The number of ether oxygens (including phenoxy) is 3. The Hall–Kier alpha value is -2.53. The highest BCUT2D eigenvalue weighted by Crippen LogP contribution is 2.18. The molecule has 1 aliphatic rings. The average molecular weight is 327 g/mol. The van der Waals surface area contributed by atoms with E-state index in [1.165, 1.54) is 0 Å². The second-order valence-electron chi connectivity index (χ2n) is 5.60. The van der Waals surface area contributed by atoms with E-state index >= 15 is 0 Å². The molecule has 1 saturated heterocycles. The van der Waals surface area contributed by atoms with Crippen LogP contribution < -0.4 is 9.47 Å². The number of hydrogen-bond acceptors (Lipinski definition) is 4. The molecule has 3 rings (SSSR count). The van der Waals surface area contributed by atoms with E-state index in [4.69, 9.17) is 14.2 Å². The van der Waals surface area contributed by atoms with Crippen LogP contribution in [0.4, 0.5) is 0 Å². The van der Waals surface area contributed by atoms with E-state index in [0.717, 1.165) is 11.5 Å². The summed E-state index contributed by atoms with van der Waals surface area (Å²) in [7, 11) is 1.63. The third-order valence-electron chi connectivity index (χ3n) is 3.94. The van der Waals surface area contributed by atoms with Crippen molar-refractivity contribution >= 4 is 5.91 Å². The van der Waals surface area contributed by atoms with Gasteiger partial charge in [-0.1, -0.05) is 18.2 Å². The molecule has 0 unspecified atom stereocenters. The van der Waals surface area contributed by atoms with Gasteiger partial charge in [-0.3, -0.25) is 4.79 Å². The molecule has 1 amide bonds. The Kier molecular flexibility index (Phi) is 5.33. The molecule has 126 valence electrons. The Balaban J connectivity index is 1.54. The van der Waals surface area contributed by atoms with Crippen LogP contribution in [-0.4, -0.2) is 50.3 Å². The number of carbonyl (C=O) groups is 1. The summed E-state index contributed by atoms with van der Waals surface area (Å²) in [5.41, 5.74) is 0.703. The largest absolute Gasteiger partial charge is 0.497 e. The third-order valence-corrected chi connectivity index (χ3v) is 3.94. The first kappa shape index (κ1) is 16.3. The van der Waals surface area contributed by atoms with Crippen molar-refractivity contribution in [2.24, 2.45) is 0 Å². The minimum absolute atomic E-state index is 0.0355. The van der Waals surface area contributed by atoms with Gasteiger partial charge in [-0.05, 0) is 36.4 Å². The fourth-order valence-corrected chi connectivity index (χ4v) is 2.63. The number of nitrogens with zero attached hydrogens (tertiary/aromatic N) is 1. The molecule has 1 heterocycles. The Morgan fingerprint density at radius 1 is 1.12 bits per heavy atom. The van der Waals surface area contributed by atoms with Crippen molar-refractivity contribution in [2.75, 3.05) is 33.4 Å². The van der Waals surface area contributed by atoms with Gasteiger partial charge in [-0.15, -0.1) is 0 Å². The molecule has 0 saturated carbocycles. The predicted octanol–water partition coefficient (Wildman–Crippen LogP) is 2.62. The molecular formula is C19H21NO4. The monoisotopic (exact) mass is 327 g/mol. The van der Waals surface area contributed by atoms with Crippen molar-refractivity contribution in [1.29, 1.82) is 0 Å². The quantitative estimate of drug-likeness (QED) is 0.847. The second kappa shape index (κ2) is 7.84. The topological polar surface area (TPSA) is 48.0 Å². The minimum Gasteiger partial charge on any atom is -0.497 e. The maximum Gasteiger partial charge on any atom is 0.254 e. The molecule has 24 heavy (non-hydrogen) atoms. The molecule has 1 aliphatic heterocycles. The number of carbonyl (C=O) groups excluding carboxylic acids is 1. The number of amides is 1. The van der Waals surface area contributed by atoms with E-state index in [2.05, 4.69) is 0 Å². The van der Waals surface area contributed by atoms with E-state index < -0.39 is 0 Å². The summed E-state index contributed by atoms with van der Waals surface area (Å²) in [6, 6.07) is 16.7. The van der Waals surface area contributed by atoms with Gasteiger partial charge in [0.25, 0.3) is 5.91 Å². The molecule has 0 spiro atoms. The molecule has 5 heteroatoms. The lowest BCUT2D eigenvalue weighted by Crippen LogP contribution is -2.47. The minimum atomic E-state index is -0.131. The lowest BCUT2D eigenvalue weighted by Gasteiger charge is -2.32. The van der Waals surface area contributed by atoms with Gasteiger partial charge in [0.05, 0.1) is 20.3 Å². The second-order valence-corrected chi connectivity index (χ2v) is 5.60. The Labute approximate surface area is 141 Å². The third kappa shape index (κ3) is 4.06. The number of morpholine rings is 1. The molecule has 2 aromatic rings. The predicted molar refractivity (Wildman–Crippen MR) is 90.6 cm³/mol. The molecule has 0 radical (unpaired) electrons. The zero-order valence-electron chi connectivity index (χ0n) is 13.7. The van der Waals surface area contributed by atoms with E-state index in [1.54, 1.807) is 7.11 Å². The van der Waals surface area contributed by atoms with Crippen molar-refractivity contribution < 1.29 is 19.0 Å². The van der Waals surface area contributed by atoms with E-state index in [1.807, 2.05) is 59.5 Å². The summed E-state index contributed by atoms with van der Waals surface area (Å²) in [5.74, 6) is 1.58. The number of rotatable bonds is 5. The average Bonchev–Trinajstić information content (AvgIpc) is 2.67. The van der Waals surface area contributed by atoms with Crippen LogP contribution in [0.15, 0.2) is 54.6 Å². The molecule has 1 fully saturated rings. The smallest absolute Gasteiger partial charge is 0.254 e. The first-order valence-corrected chi connectivity index (χ1v) is 7.99. The number of hydrogen-bond donors (Lipinski definition) is 0. The van der Waals surface area contributed by atoms with Crippen molar-refractivity contribution in [1.82, 2.24) is 4.90 Å². The molecular weight excluding hydrogens is 306 g/mol. The number of benzene rings is 2. The van der Waals surface area contributed by atoms with Crippen LogP contribution in [0.3, 0.4) is 0 Å². The van der Waals surface area contributed by atoms with E-state index in [9.17, 15) is 4.79 Å². The van der Waals surface area contributed by atoms with E-state index in [0.29, 0.717) is 31.9 Å². The molecule has 0 aromatic heterocycles. The SMILES string of the molecule is COc1ccc(OC[C@H]2CN(C(=O)c3ccccc3)CCO2)cc1. The van der Waals surface area contributed by atoms with Gasteiger partial charge in [0.2, 0.25) is 0 Å². The van der Waals surface area contributed by atoms with Gasteiger partial charge in [0.1, 0.15) is 24.2 Å². The first-order chi connectivity index (χ1) is 11.8. The standard InChI is InChI=1S/C19H21NO4/c1-22-16-7-9-17(10-8-16)24-14-18-13-20(11-12-23-18)19(21)15-5-3-2-4-6-15/h2-10,18H,11-14H2,1H3/t18-/m1/s1. The molecule has 0 bridgehead atoms. The van der Waals surface area contributed by atoms with Gasteiger partial charge in [0, 0.05) is 12.1 Å². The van der Waals surface area contributed by atoms with Gasteiger partial charge in [0.15, 0.2) is 0 Å². The fourth-order valence-electron chi connectivity index (χ4n) is 2.63. The van der Waals surface area contributed by atoms with Crippen molar-refractivity contribution in [2.45, 2.75) is 6.10 Å². The van der Waals surface area contributed by atoms with Crippen LogP contribution >= 0.6 is 0 Å². The van der Waals surface area contributed by atoms with Crippen LogP contribution in [0.2, 0.25) is 0 Å². The van der Waals surface area contributed by atoms with Crippen molar-refractivity contribution in [3.05, 3.63) is 60.2 Å². The Morgan fingerprint density at radius 2 is 1.83 bits per heavy atom. The summed E-state index contributed by atoms with van der Waals surface area (Å²) < 4.78 is 16.6.